The van der Waals surface area contributed by atoms with Crippen LogP contribution in [0.3, 0.4) is 0 Å². The highest BCUT2D eigenvalue weighted by molar-refractivity contribution is 7.11. The van der Waals surface area contributed by atoms with Crippen LogP contribution in [-0.4, -0.2) is 4.98 Å². The molecule has 3 heteroatoms. The molecular weight excluding hydrogens is 190 g/mol. The minimum absolute atomic E-state index is 0.488. The second-order valence-electron chi connectivity index (χ2n) is 4.04. The lowest BCUT2D eigenvalue weighted by Crippen LogP contribution is -1.87. The van der Waals surface area contributed by atoms with Crippen LogP contribution in [-0.2, 0) is 5.88 Å². The summed E-state index contributed by atoms with van der Waals surface area (Å²) >= 11 is 7.47. The molecule has 1 aromatic rings. The van der Waals surface area contributed by atoms with Crippen molar-refractivity contribution in [2.75, 3.05) is 0 Å². The molecule has 2 rings (SSSR count). The number of nitrogens with zero attached hydrogens (tertiary/aromatic N) is 1. The van der Waals surface area contributed by atoms with Crippen molar-refractivity contribution in [1.29, 1.82) is 0 Å². The van der Waals surface area contributed by atoms with E-state index in [0.717, 1.165) is 0 Å². The maximum atomic E-state index is 5.71. The van der Waals surface area contributed by atoms with E-state index < -0.39 is 0 Å². The summed E-state index contributed by atoms with van der Waals surface area (Å²) in [6.07, 6.45) is 3.18. The average Bonchev–Trinajstić information content (AvgIpc) is 2.52. The minimum atomic E-state index is 0.488. The lowest BCUT2D eigenvalue weighted by Gasteiger charge is -1.97. The first-order valence-electron chi connectivity index (χ1n) is 4.14. The summed E-state index contributed by atoms with van der Waals surface area (Å²) in [5.41, 5.74) is 0.488. The third-order valence-electron chi connectivity index (χ3n) is 2.51. The number of aromatic nitrogens is 1. The molecule has 1 fully saturated rings. The Balaban J connectivity index is 2.15. The Labute approximate surface area is 81.8 Å². The zero-order valence-electron chi connectivity index (χ0n) is 7.30. The van der Waals surface area contributed by atoms with Crippen molar-refractivity contribution in [2.24, 2.45) is 5.41 Å². The molecule has 0 amide bonds. The van der Waals surface area contributed by atoms with E-state index in [2.05, 4.69) is 18.8 Å². The highest BCUT2D eigenvalue weighted by Crippen LogP contribution is 2.59. The van der Waals surface area contributed by atoms with Crippen molar-refractivity contribution in [1.82, 2.24) is 4.98 Å². The van der Waals surface area contributed by atoms with Crippen molar-refractivity contribution in [3.05, 3.63) is 16.1 Å². The summed E-state index contributed by atoms with van der Waals surface area (Å²) in [6.45, 7) is 4.58. The third-order valence-corrected chi connectivity index (χ3v) is 4.07. The largest absolute Gasteiger partial charge is 0.249 e. The molecule has 12 heavy (non-hydrogen) atoms. The number of alkyl halides is 1. The summed E-state index contributed by atoms with van der Waals surface area (Å²) in [5, 5.41) is 1.27. The Morgan fingerprint density at radius 3 is 2.83 bits per heavy atom. The van der Waals surface area contributed by atoms with Crippen LogP contribution in [0.4, 0.5) is 0 Å². The Hall–Kier alpha value is -0.0800. The van der Waals surface area contributed by atoms with E-state index in [1.807, 2.05) is 6.20 Å². The monoisotopic (exact) mass is 201 g/mol. The topological polar surface area (TPSA) is 12.9 Å². The van der Waals surface area contributed by atoms with Gasteiger partial charge in [0.25, 0.3) is 0 Å². The van der Waals surface area contributed by atoms with Gasteiger partial charge < -0.3 is 0 Å². The molecule has 0 N–H and O–H groups in total. The molecule has 0 saturated heterocycles. The molecule has 66 valence electrons. The fraction of sp³-hybridized carbons (Fsp3) is 0.667. The van der Waals surface area contributed by atoms with E-state index in [9.17, 15) is 0 Å². The van der Waals surface area contributed by atoms with Gasteiger partial charge in [0, 0.05) is 17.0 Å². The fourth-order valence-electron chi connectivity index (χ4n) is 1.43. The number of hydrogen-bond donors (Lipinski definition) is 0. The van der Waals surface area contributed by atoms with E-state index in [1.54, 1.807) is 11.3 Å². The molecule has 1 aromatic heterocycles. The van der Waals surface area contributed by atoms with Crippen LogP contribution in [0.2, 0.25) is 0 Å². The maximum absolute atomic E-state index is 5.71. The lowest BCUT2D eigenvalue weighted by atomic mass is 10.1. The fourth-order valence-corrected chi connectivity index (χ4v) is 2.75. The smallest absolute Gasteiger partial charge is 0.0964 e. The average molecular weight is 202 g/mol. The van der Waals surface area contributed by atoms with Gasteiger partial charge in [0.15, 0.2) is 0 Å². The summed E-state index contributed by atoms with van der Waals surface area (Å²) in [7, 11) is 0. The summed E-state index contributed by atoms with van der Waals surface area (Å²) in [4.78, 5) is 5.57. The molecule has 0 radical (unpaired) electrons. The van der Waals surface area contributed by atoms with E-state index in [1.165, 1.54) is 16.3 Å². The minimum Gasteiger partial charge on any atom is -0.249 e. The second-order valence-corrected chi connectivity index (χ2v) is 5.46. The van der Waals surface area contributed by atoms with Gasteiger partial charge in [-0.05, 0) is 11.8 Å². The molecule has 0 aromatic carbocycles. The summed E-state index contributed by atoms with van der Waals surface area (Å²) in [5.74, 6) is 1.30. The van der Waals surface area contributed by atoms with Gasteiger partial charge in [-0.2, -0.15) is 0 Å². The molecule has 1 heterocycles. The first kappa shape index (κ1) is 8.52. The molecule has 1 atom stereocenters. The van der Waals surface area contributed by atoms with Crippen LogP contribution in [0.25, 0.3) is 0 Å². The second kappa shape index (κ2) is 2.71. The van der Waals surface area contributed by atoms with Gasteiger partial charge >= 0.3 is 0 Å². The molecular formula is C9H12ClNS. The summed E-state index contributed by atoms with van der Waals surface area (Å²) in [6, 6.07) is 0. The first-order valence-corrected chi connectivity index (χ1v) is 5.49. The molecule has 1 saturated carbocycles. The zero-order chi connectivity index (χ0) is 8.77. The maximum Gasteiger partial charge on any atom is 0.0964 e. The zero-order valence-corrected chi connectivity index (χ0v) is 8.87. The Morgan fingerprint density at radius 1 is 1.75 bits per heavy atom. The number of rotatable bonds is 2. The van der Waals surface area contributed by atoms with Crippen LogP contribution in [0.5, 0.6) is 0 Å². The van der Waals surface area contributed by atoms with Gasteiger partial charge in [0.05, 0.1) is 10.9 Å². The highest BCUT2D eigenvalue weighted by Gasteiger charge is 2.48. The standard InChI is InChI=1S/C9H12ClNS/c1-9(2)3-7(9)8-11-5-6(4-10)12-8/h5,7H,3-4H2,1-2H3. The van der Waals surface area contributed by atoms with Crippen molar-refractivity contribution < 1.29 is 0 Å². The Morgan fingerprint density at radius 2 is 2.42 bits per heavy atom. The van der Waals surface area contributed by atoms with Crippen molar-refractivity contribution in [2.45, 2.75) is 32.1 Å². The van der Waals surface area contributed by atoms with Crippen molar-refractivity contribution in [3.8, 4) is 0 Å². The van der Waals surface area contributed by atoms with E-state index >= 15 is 0 Å². The Kier molecular flexibility index (Phi) is 1.92. The number of hydrogen-bond acceptors (Lipinski definition) is 2. The molecule has 1 nitrogen and oxygen atoms in total. The van der Waals surface area contributed by atoms with Gasteiger partial charge in [-0.15, -0.1) is 22.9 Å². The van der Waals surface area contributed by atoms with E-state index in [-0.39, 0.29) is 0 Å². The van der Waals surface area contributed by atoms with E-state index in [4.69, 9.17) is 11.6 Å². The predicted molar refractivity (Wildman–Crippen MR) is 52.8 cm³/mol. The molecule has 1 aliphatic carbocycles. The van der Waals surface area contributed by atoms with Crippen LogP contribution in [0.15, 0.2) is 6.20 Å². The first-order chi connectivity index (χ1) is 5.63. The quantitative estimate of drug-likeness (QED) is 0.669. The van der Waals surface area contributed by atoms with Gasteiger partial charge in [-0.25, -0.2) is 4.98 Å². The van der Waals surface area contributed by atoms with Crippen LogP contribution >= 0.6 is 22.9 Å². The molecule has 0 spiro atoms. The van der Waals surface area contributed by atoms with Gasteiger partial charge in [-0.1, -0.05) is 13.8 Å². The SMILES string of the molecule is CC1(C)CC1c1ncc(CCl)s1. The normalized spacial score (nSPS) is 25.8. The molecule has 1 unspecified atom stereocenters. The van der Waals surface area contributed by atoms with Gasteiger partial charge in [-0.3, -0.25) is 0 Å². The van der Waals surface area contributed by atoms with Gasteiger partial charge in [0.1, 0.15) is 0 Å². The van der Waals surface area contributed by atoms with Crippen molar-refractivity contribution in [3.63, 3.8) is 0 Å². The van der Waals surface area contributed by atoms with Crippen LogP contribution in [0, 0.1) is 5.41 Å². The highest BCUT2D eigenvalue weighted by atomic mass is 35.5. The molecule has 0 aliphatic heterocycles. The predicted octanol–water partition coefficient (Wildman–Crippen LogP) is 3.40. The van der Waals surface area contributed by atoms with Gasteiger partial charge in [0.2, 0.25) is 0 Å². The summed E-state index contributed by atoms with van der Waals surface area (Å²) < 4.78 is 0. The number of halogens is 1. The van der Waals surface area contributed by atoms with Crippen molar-refractivity contribution >= 4 is 22.9 Å². The Bertz CT molecular complexity index is 292. The van der Waals surface area contributed by atoms with E-state index in [0.29, 0.717) is 17.2 Å². The molecule has 1 aliphatic rings. The van der Waals surface area contributed by atoms with Crippen LogP contribution in [0.1, 0.15) is 36.1 Å². The third kappa shape index (κ3) is 1.38. The molecule has 0 bridgehead atoms. The lowest BCUT2D eigenvalue weighted by molar-refractivity contribution is 0.620. The number of thiazole rings is 1. The van der Waals surface area contributed by atoms with Crippen LogP contribution < -0.4 is 0 Å².